The van der Waals surface area contributed by atoms with Crippen molar-refractivity contribution in [2.45, 2.75) is 92.5 Å². The van der Waals surface area contributed by atoms with Crippen LogP contribution in [0.4, 0.5) is 4.39 Å². The average Bonchev–Trinajstić information content (AvgIpc) is 2.62. The summed E-state index contributed by atoms with van der Waals surface area (Å²) in [7, 11) is 0. The molecule has 3 atom stereocenters. The molecule has 0 N–H and O–H groups in total. The lowest BCUT2D eigenvalue weighted by Crippen LogP contribution is -2.46. The Balaban J connectivity index is 2.69. The van der Waals surface area contributed by atoms with Gasteiger partial charge in [0.2, 0.25) is 0 Å². The third kappa shape index (κ3) is 3.87. The number of alkyl halides is 1. The van der Waals surface area contributed by atoms with Gasteiger partial charge in [0.25, 0.3) is 0 Å². The zero-order chi connectivity index (χ0) is 18.0. The van der Waals surface area contributed by atoms with Gasteiger partial charge >= 0.3 is 0 Å². The number of nitrogens with zero attached hydrogens (tertiary/aromatic N) is 1. The molecule has 2 fully saturated rings. The summed E-state index contributed by atoms with van der Waals surface area (Å²) in [6, 6.07) is 0.271. The molecule has 3 unspecified atom stereocenters. The van der Waals surface area contributed by atoms with Crippen molar-refractivity contribution >= 4 is 0 Å². The molecule has 2 nitrogen and oxygen atoms in total. The molecule has 0 aromatic rings. The molecule has 0 aromatic carbocycles. The van der Waals surface area contributed by atoms with Crippen LogP contribution in [0.5, 0.6) is 0 Å². The summed E-state index contributed by atoms with van der Waals surface area (Å²) in [6.07, 6.45) is 3.85. The Morgan fingerprint density at radius 3 is 2.17 bits per heavy atom. The van der Waals surface area contributed by atoms with E-state index in [2.05, 4.69) is 46.4 Å². The number of hydrogen-bond donors (Lipinski definition) is 0. The predicted octanol–water partition coefficient (Wildman–Crippen LogP) is 5.91. The lowest BCUT2D eigenvalue weighted by molar-refractivity contribution is 0.0194. The number of fused-ring (bicyclic) bond motifs is 1. The predicted molar refractivity (Wildman–Crippen MR) is 99.5 cm³/mol. The van der Waals surface area contributed by atoms with Gasteiger partial charge in [-0.1, -0.05) is 17.6 Å². The van der Waals surface area contributed by atoms with Crippen molar-refractivity contribution in [3.8, 4) is 0 Å². The lowest BCUT2D eigenvalue weighted by Gasteiger charge is -2.40. The normalized spacial score (nSPS) is 25.7. The van der Waals surface area contributed by atoms with Crippen LogP contribution >= 0.6 is 0 Å². The van der Waals surface area contributed by atoms with Gasteiger partial charge in [-0.15, -0.1) is 0 Å². The van der Waals surface area contributed by atoms with Gasteiger partial charge in [-0.25, -0.2) is 4.39 Å². The monoisotopic (exact) mass is 335 g/mol. The molecule has 0 bridgehead atoms. The van der Waals surface area contributed by atoms with Crippen molar-refractivity contribution in [2.75, 3.05) is 6.54 Å². The van der Waals surface area contributed by atoms with E-state index >= 15 is 0 Å². The highest BCUT2D eigenvalue weighted by molar-refractivity contribution is 5.50. The zero-order valence-electron chi connectivity index (χ0n) is 16.5. The number of rotatable bonds is 2. The smallest absolute Gasteiger partial charge is 0.127 e. The van der Waals surface area contributed by atoms with Crippen LogP contribution in [0.1, 0.15) is 74.1 Å². The third-order valence-electron chi connectivity index (χ3n) is 4.96. The summed E-state index contributed by atoms with van der Waals surface area (Å²) in [4.78, 5) is 2.32. The molecule has 0 radical (unpaired) electrons. The third-order valence-corrected chi connectivity index (χ3v) is 4.96. The molecule has 1 heterocycles. The Morgan fingerprint density at radius 2 is 1.67 bits per heavy atom. The highest BCUT2D eigenvalue weighted by Crippen LogP contribution is 2.41. The summed E-state index contributed by atoms with van der Waals surface area (Å²) >= 11 is 0. The molecule has 1 aliphatic carbocycles. The van der Waals surface area contributed by atoms with E-state index in [1.165, 1.54) is 40.8 Å². The second kappa shape index (κ2) is 7.76. The first kappa shape index (κ1) is 19.1. The summed E-state index contributed by atoms with van der Waals surface area (Å²) in [6.45, 7) is 14.9. The fourth-order valence-corrected chi connectivity index (χ4v) is 4.07. The van der Waals surface area contributed by atoms with Crippen LogP contribution in [0.3, 0.4) is 0 Å². The molecule has 1 saturated carbocycles. The van der Waals surface area contributed by atoms with Crippen LogP contribution in [0.25, 0.3) is 0 Å². The molecule has 2 rings (SSSR count). The number of hydrogen-bond acceptors (Lipinski definition) is 2. The largest absolute Gasteiger partial charge is 0.488 e. The average molecular weight is 336 g/mol. The fraction of sp³-hybridized carbons (Fsp3) is 0.714. The van der Waals surface area contributed by atoms with E-state index in [0.717, 1.165) is 18.6 Å². The molecular formula is C21H34FNO. The van der Waals surface area contributed by atoms with Crippen LogP contribution < -0.4 is 0 Å². The first-order valence-electron chi connectivity index (χ1n) is 9.34. The summed E-state index contributed by atoms with van der Waals surface area (Å²) < 4.78 is 20.6. The Morgan fingerprint density at radius 1 is 1.04 bits per heavy atom. The molecule has 1 saturated heterocycles. The second-order valence-electron chi connectivity index (χ2n) is 7.99. The minimum atomic E-state index is -0.853. The maximum Gasteiger partial charge on any atom is 0.127 e. The fourth-order valence-electron chi connectivity index (χ4n) is 4.07. The van der Waals surface area contributed by atoms with Crippen LogP contribution in [-0.4, -0.2) is 29.8 Å². The number of ether oxygens (including phenoxy) is 1. The Hall–Kier alpha value is -1.25. The van der Waals surface area contributed by atoms with Gasteiger partial charge in [-0.2, -0.15) is 0 Å². The van der Waals surface area contributed by atoms with Crippen molar-refractivity contribution in [1.29, 1.82) is 0 Å². The van der Waals surface area contributed by atoms with Gasteiger partial charge in [0, 0.05) is 17.8 Å². The van der Waals surface area contributed by atoms with Gasteiger partial charge in [-0.3, -0.25) is 0 Å². The molecule has 136 valence electrons. The Labute approximate surface area is 147 Å². The van der Waals surface area contributed by atoms with Gasteiger partial charge < -0.3 is 9.64 Å². The van der Waals surface area contributed by atoms with Crippen LogP contribution in [0, 0.1) is 0 Å². The van der Waals surface area contributed by atoms with E-state index in [4.69, 9.17) is 4.74 Å². The van der Waals surface area contributed by atoms with Crippen molar-refractivity contribution in [3.05, 3.63) is 33.7 Å². The maximum absolute atomic E-state index is 14.1. The van der Waals surface area contributed by atoms with Crippen molar-refractivity contribution in [3.63, 3.8) is 0 Å². The molecule has 0 amide bonds. The van der Waals surface area contributed by atoms with E-state index in [9.17, 15) is 4.39 Å². The van der Waals surface area contributed by atoms with Crippen LogP contribution in [0.2, 0.25) is 0 Å². The van der Waals surface area contributed by atoms with Crippen molar-refractivity contribution in [1.82, 2.24) is 4.90 Å². The number of halogens is 1. The van der Waals surface area contributed by atoms with E-state index in [0.29, 0.717) is 6.54 Å². The molecule has 24 heavy (non-hydrogen) atoms. The van der Waals surface area contributed by atoms with Gasteiger partial charge in [0.15, 0.2) is 0 Å². The first-order chi connectivity index (χ1) is 11.2. The van der Waals surface area contributed by atoms with Crippen LogP contribution in [0.15, 0.2) is 33.7 Å². The standard InChI is InChI=1S/C21H34FNO/c1-13(2)19-20(14(3)4)23(12-16(7)22)17-10-8-9-11-18(17)24-21(19)15(5)6/h16-18H,8-12H2,1-7H3. The summed E-state index contributed by atoms with van der Waals surface area (Å²) in [5.41, 5.74) is 6.03. The second-order valence-corrected chi connectivity index (χ2v) is 7.99. The van der Waals surface area contributed by atoms with Gasteiger partial charge in [-0.05, 0) is 73.3 Å². The van der Waals surface area contributed by atoms with Crippen LogP contribution in [-0.2, 0) is 4.74 Å². The minimum absolute atomic E-state index is 0.161. The van der Waals surface area contributed by atoms with E-state index in [1.807, 2.05) is 0 Å². The summed E-state index contributed by atoms with van der Waals surface area (Å²) in [5.74, 6) is 1.01. The quantitative estimate of drug-likeness (QED) is 0.622. The highest BCUT2D eigenvalue weighted by Gasteiger charge is 2.39. The SMILES string of the molecule is CC(C)=C1OC2CCCCC2N(CC(C)F)C(=C(C)C)C1=C(C)C. The van der Waals surface area contributed by atoms with E-state index < -0.39 is 6.17 Å². The van der Waals surface area contributed by atoms with E-state index in [1.54, 1.807) is 6.92 Å². The topological polar surface area (TPSA) is 12.5 Å². The molecular weight excluding hydrogens is 301 g/mol. The minimum Gasteiger partial charge on any atom is -0.488 e. The Kier molecular flexibility index (Phi) is 6.17. The Bertz CT molecular complexity index is 558. The molecule has 0 aromatic heterocycles. The van der Waals surface area contributed by atoms with E-state index in [-0.39, 0.29) is 12.1 Å². The maximum atomic E-state index is 14.1. The van der Waals surface area contributed by atoms with Crippen molar-refractivity contribution in [2.24, 2.45) is 0 Å². The highest BCUT2D eigenvalue weighted by atomic mass is 19.1. The number of allylic oxidation sites excluding steroid dienone is 3. The molecule has 1 aliphatic heterocycles. The lowest BCUT2D eigenvalue weighted by atomic mass is 9.90. The summed E-state index contributed by atoms with van der Waals surface area (Å²) in [5, 5.41) is 0. The zero-order valence-corrected chi connectivity index (χ0v) is 16.5. The molecule has 0 spiro atoms. The molecule has 2 aliphatic rings. The van der Waals surface area contributed by atoms with Crippen molar-refractivity contribution < 1.29 is 9.13 Å². The van der Waals surface area contributed by atoms with Gasteiger partial charge in [0.1, 0.15) is 18.0 Å². The first-order valence-corrected chi connectivity index (χ1v) is 9.34. The molecule has 3 heteroatoms. The van der Waals surface area contributed by atoms with Gasteiger partial charge in [0.05, 0.1) is 6.04 Å².